The zero-order valence-corrected chi connectivity index (χ0v) is 12.6. The van der Waals surface area contributed by atoms with E-state index in [0.717, 1.165) is 42.7 Å². The molecule has 0 aliphatic heterocycles. The first-order valence-electron chi connectivity index (χ1n) is 7.35. The SMILES string of the molecule is CCCC(O)(CCC)CNc1nccn2nc(C)cc12. The van der Waals surface area contributed by atoms with E-state index in [4.69, 9.17) is 0 Å². The number of hydrogen-bond donors (Lipinski definition) is 2. The average Bonchev–Trinajstić information content (AvgIpc) is 2.77. The van der Waals surface area contributed by atoms with Crippen LogP contribution in [0.3, 0.4) is 0 Å². The molecule has 2 aromatic heterocycles. The topological polar surface area (TPSA) is 62.5 Å². The summed E-state index contributed by atoms with van der Waals surface area (Å²) in [6.45, 7) is 6.67. The van der Waals surface area contributed by atoms with Gasteiger partial charge in [-0.15, -0.1) is 0 Å². The molecule has 5 heteroatoms. The van der Waals surface area contributed by atoms with Gasteiger partial charge in [-0.05, 0) is 25.8 Å². The standard InChI is InChI=1S/C15H24N4O/c1-4-6-15(20,7-5-2)11-17-14-13-10-12(3)18-19(13)9-8-16-14/h8-10,20H,4-7,11H2,1-3H3,(H,16,17). The number of anilines is 1. The molecule has 110 valence electrons. The maximum absolute atomic E-state index is 10.6. The van der Waals surface area contributed by atoms with E-state index in [1.807, 2.05) is 23.7 Å². The highest BCUT2D eigenvalue weighted by atomic mass is 16.3. The van der Waals surface area contributed by atoms with E-state index in [0.29, 0.717) is 6.54 Å². The summed E-state index contributed by atoms with van der Waals surface area (Å²) in [4.78, 5) is 4.36. The molecule has 0 radical (unpaired) electrons. The largest absolute Gasteiger partial charge is 0.388 e. The zero-order chi connectivity index (χ0) is 14.6. The molecule has 0 saturated carbocycles. The molecule has 0 saturated heterocycles. The molecule has 0 aromatic carbocycles. The van der Waals surface area contributed by atoms with Gasteiger partial charge in [0, 0.05) is 18.9 Å². The minimum atomic E-state index is -0.660. The smallest absolute Gasteiger partial charge is 0.152 e. The Labute approximate surface area is 120 Å². The van der Waals surface area contributed by atoms with Crippen LogP contribution in [0.25, 0.3) is 5.52 Å². The van der Waals surface area contributed by atoms with Crippen molar-refractivity contribution in [2.45, 2.75) is 52.1 Å². The maximum atomic E-state index is 10.6. The number of nitrogens with one attached hydrogen (secondary N) is 1. The Kier molecular flexibility index (Phi) is 4.60. The summed E-state index contributed by atoms with van der Waals surface area (Å²) in [5.41, 5.74) is 1.24. The molecule has 0 spiro atoms. The number of rotatable bonds is 7. The lowest BCUT2D eigenvalue weighted by Gasteiger charge is -2.28. The molecule has 2 aromatic rings. The van der Waals surface area contributed by atoms with Gasteiger partial charge in [0.1, 0.15) is 5.52 Å². The minimum Gasteiger partial charge on any atom is -0.388 e. The van der Waals surface area contributed by atoms with E-state index in [9.17, 15) is 5.11 Å². The second-order valence-electron chi connectivity index (χ2n) is 5.47. The third-order valence-electron chi connectivity index (χ3n) is 3.53. The molecule has 2 heterocycles. The minimum absolute atomic E-state index is 0.519. The van der Waals surface area contributed by atoms with Gasteiger partial charge in [0.25, 0.3) is 0 Å². The molecule has 2 rings (SSSR count). The van der Waals surface area contributed by atoms with Crippen molar-refractivity contribution < 1.29 is 5.11 Å². The van der Waals surface area contributed by atoms with E-state index in [2.05, 4.69) is 29.2 Å². The van der Waals surface area contributed by atoms with Crippen molar-refractivity contribution in [1.29, 1.82) is 0 Å². The second-order valence-corrected chi connectivity index (χ2v) is 5.47. The van der Waals surface area contributed by atoms with Crippen molar-refractivity contribution in [3.8, 4) is 0 Å². The van der Waals surface area contributed by atoms with Crippen LogP contribution in [0.5, 0.6) is 0 Å². The Morgan fingerprint density at radius 3 is 2.65 bits per heavy atom. The van der Waals surface area contributed by atoms with Crippen LogP contribution in [0.2, 0.25) is 0 Å². The monoisotopic (exact) mass is 276 g/mol. The molecule has 0 bridgehead atoms. The normalized spacial score (nSPS) is 12.0. The van der Waals surface area contributed by atoms with Gasteiger partial charge in [-0.2, -0.15) is 5.10 Å². The van der Waals surface area contributed by atoms with Gasteiger partial charge in [0.05, 0.1) is 11.3 Å². The molecule has 0 aliphatic rings. The van der Waals surface area contributed by atoms with Crippen LogP contribution in [0.1, 0.15) is 45.2 Å². The Hall–Kier alpha value is -1.62. The molecule has 0 fully saturated rings. The summed E-state index contributed by atoms with van der Waals surface area (Å²) >= 11 is 0. The zero-order valence-electron chi connectivity index (χ0n) is 12.6. The number of fused-ring (bicyclic) bond motifs is 1. The van der Waals surface area contributed by atoms with Crippen LogP contribution in [-0.2, 0) is 0 Å². The van der Waals surface area contributed by atoms with Crippen LogP contribution in [0.4, 0.5) is 5.82 Å². The predicted octanol–water partition coefficient (Wildman–Crippen LogP) is 2.78. The number of aromatic nitrogens is 3. The van der Waals surface area contributed by atoms with E-state index in [-0.39, 0.29) is 0 Å². The first-order chi connectivity index (χ1) is 9.58. The molecule has 5 nitrogen and oxygen atoms in total. The molecule has 0 aliphatic carbocycles. The van der Waals surface area contributed by atoms with Crippen LogP contribution >= 0.6 is 0 Å². The first kappa shape index (κ1) is 14.8. The first-order valence-corrected chi connectivity index (χ1v) is 7.35. The lowest BCUT2D eigenvalue weighted by molar-refractivity contribution is 0.0343. The van der Waals surface area contributed by atoms with Crippen molar-refractivity contribution in [3.63, 3.8) is 0 Å². The number of aryl methyl sites for hydroxylation is 1. The quantitative estimate of drug-likeness (QED) is 0.816. The van der Waals surface area contributed by atoms with Gasteiger partial charge in [-0.25, -0.2) is 9.50 Å². The number of nitrogens with zero attached hydrogens (tertiary/aromatic N) is 3. The lowest BCUT2D eigenvalue weighted by atomic mass is 9.93. The number of hydrogen-bond acceptors (Lipinski definition) is 4. The maximum Gasteiger partial charge on any atom is 0.152 e. The van der Waals surface area contributed by atoms with E-state index >= 15 is 0 Å². The van der Waals surface area contributed by atoms with Gasteiger partial charge in [0.15, 0.2) is 5.82 Å². The van der Waals surface area contributed by atoms with Crippen molar-refractivity contribution in [2.75, 3.05) is 11.9 Å². The Bertz CT molecular complexity index is 558. The highest BCUT2D eigenvalue weighted by molar-refractivity contribution is 5.67. The van der Waals surface area contributed by atoms with Gasteiger partial charge < -0.3 is 10.4 Å². The molecule has 0 amide bonds. The van der Waals surface area contributed by atoms with Crippen molar-refractivity contribution in [2.24, 2.45) is 0 Å². The highest BCUT2D eigenvalue weighted by Gasteiger charge is 2.25. The van der Waals surface area contributed by atoms with Crippen molar-refractivity contribution in [1.82, 2.24) is 14.6 Å². The Balaban J connectivity index is 2.15. The van der Waals surface area contributed by atoms with Gasteiger partial charge >= 0.3 is 0 Å². The van der Waals surface area contributed by atoms with Crippen LogP contribution in [0.15, 0.2) is 18.5 Å². The number of aliphatic hydroxyl groups is 1. The van der Waals surface area contributed by atoms with Crippen LogP contribution in [0, 0.1) is 6.92 Å². The van der Waals surface area contributed by atoms with E-state index < -0.39 is 5.60 Å². The predicted molar refractivity (Wildman–Crippen MR) is 81.0 cm³/mol. The fourth-order valence-electron chi connectivity index (χ4n) is 2.66. The summed E-state index contributed by atoms with van der Waals surface area (Å²) in [5.74, 6) is 0.777. The fraction of sp³-hybridized carbons (Fsp3) is 0.600. The summed E-state index contributed by atoms with van der Waals surface area (Å²) in [5, 5.41) is 18.3. The van der Waals surface area contributed by atoms with Crippen molar-refractivity contribution in [3.05, 3.63) is 24.2 Å². The van der Waals surface area contributed by atoms with E-state index in [1.165, 1.54) is 0 Å². The molecule has 0 unspecified atom stereocenters. The summed E-state index contributed by atoms with van der Waals surface area (Å²) in [6.07, 6.45) is 7.10. The van der Waals surface area contributed by atoms with E-state index in [1.54, 1.807) is 6.20 Å². The molecular weight excluding hydrogens is 252 g/mol. The second kappa shape index (κ2) is 6.22. The molecular formula is C15H24N4O. The molecule has 20 heavy (non-hydrogen) atoms. The summed E-state index contributed by atoms with van der Waals surface area (Å²) in [7, 11) is 0. The third kappa shape index (κ3) is 3.28. The highest BCUT2D eigenvalue weighted by Crippen LogP contribution is 2.21. The Morgan fingerprint density at radius 1 is 1.30 bits per heavy atom. The van der Waals surface area contributed by atoms with Crippen molar-refractivity contribution >= 4 is 11.3 Å². The average molecular weight is 276 g/mol. The fourth-order valence-corrected chi connectivity index (χ4v) is 2.66. The summed E-state index contributed by atoms with van der Waals surface area (Å²) < 4.78 is 1.81. The third-order valence-corrected chi connectivity index (χ3v) is 3.53. The molecule has 0 atom stereocenters. The van der Waals surface area contributed by atoms with Gasteiger partial charge in [-0.1, -0.05) is 26.7 Å². The summed E-state index contributed by atoms with van der Waals surface area (Å²) in [6, 6.07) is 1.99. The lowest BCUT2D eigenvalue weighted by Crippen LogP contribution is -2.37. The van der Waals surface area contributed by atoms with Crippen LogP contribution in [-0.4, -0.2) is 31.9 Å². The van der Waals surface area contributed by atoms with Crippen LogP contribution < -0.4 is 5.32 Å². The van der Waals surface area contributed by atoms with Gasteiger partial charge in [-0.3, -0.25) is 0 Å². The molecule has 2 N–H and O–H groups in total. The Morgan fingerprint density at radius 2 is 2.00 bits per heavy atom. The van der Waals surface area contributed by atoms with Gasteiger partial charge in [0.2, 0.25) is 0 Å².